The molecule has 0 bridgehead atoms. The summed E-state index contributed by atoms with van der Waals surface area (Å²) in [4.78, 5) is 0. The summed E-state index contributed by atoms with van der Waals surface area (Å²) in [6.07, 6.45) is 0. The van der Waals surface area contributed by atoms with Gasteiger partial charge in [0, 0.05) is 44.2 Å². The Hall–Kier alpha value is -0.856. The average molecular weight is 335 g/mol. The summed E-state index contributed by atoms with van der Waals surface area (Å²) in [5.74, 6) is 0.581. The summed E-state index contributed by atoms with van der Waals surface area (Å²) in [7, 11) is 0. The van der Waals surface area contributed by atoms with E-state index in [-0.39, 0.29) is 32.7 Å². The summed E-state index contributed by atoms with van der Waals surface area (Å²) in [6.45, 7) is 8.00. The van der Waals surface area contributed by atoms with Crippen LogP contribution in [0.3, 0.4) is 0 Å². The second-order valence-electron chi connectivity index (χ2n) is 2.52. The molecule has 0 aliphatic carbocycles. The molecule has 2 N–H and O–H groups in total. The van der Waals surface area contributed by atoms with Crippen molar-refractivity contribution in [1.29, 1.82) is 0 Å². The Balaban J connectivity index is -0.000000205. The first kappa shape index (κ1) is 23.3. The number of benzene rings is 2. The van der Waals surface area contributed by atoms with Crippen molar-refractivity contribution in [3.05, 3.63) is 60.7 Å². The molecule has 0 atom stereocenters. The van der Waals surface area contributed by atoms with Crippen LogP contribution in [0.5, 0.6) is 11.5 Å². The molecular formula is C16H22O2Y-2. The van der Waals surface area contributed by atoms with Gasteiger partial charge in [0.1, 0.15) is 0 Å². The summed E-state index contributed by atoms with van der Waals surface area (Å²) in [6, 6.07) is 18.5. The number of phenolic OH excluding ortho intramolecular Hbond substituents is 2. The summed E-state index contributed by atoms with van der Waals surface area (Å²) >= 11 is 0. The van der Waals surface area contributed by atoms with E-state index in [0.29, 0.717) is 11.5 Å². The Bertz CT molecular complexity index is 312. The molecule has 103 valence electrons. The Morgan fingerprint density at radius 2 is 0.842 bits per heavy atom. The predicted octanol–water partition coefficient (Wildman–Crippen LogP) is 4.43. The third-order valence-corrected chi connectivity index (χ3v) is 1.40. The smallest absolute Gasteiger partial charge is 0.00821 e. The van der Waals surface area contributed by atoms with E-state index in [4.69, 9.17) is 10.2 Å². The molecule has 0 fully saturated rings. The quantitative estimate of drug-likeness (QED) is 0.699. The maximum atomic E-state index is 8.61. The molecule has 0 unspecified atom stereocenters. The van der Waals surface area contributed by atoms with Crippen LogP contribution < -0.4 is 0 Å². The molecule has 3 heteroatoms. The largest absolute Gasteiger partial charge is 0.533 e. The summed E-state index contributed by atoms with van der Waals surface area (Å²) in [5, 5.41) is 17.2. The van der Waals surface area contributed by atoms with Crippen molar-refractivity contribution in [1.82, 2.24) is 0 Å². The van der Waals surface area contributed by atoms with Crippen LogP contribution in [0.1, 0.15) is 27.7 Å². The van der Waals surface area contributed by atoms with Gasteiger partial charge in [-0.1, -0.05) is 27.7 Å². The van der Waals surface area contributed by atoms with E-state index in [1.54, 1.807) is 48.5 Å². The zero-order valence-electron chi connectivity index (χ0n) is 12.1. The molecule has 19 heavy (non-hydrogen) atoms. The van der Waals surface area contributed by atoms with Crippen molar-refractivity contribution in [2.45, 2.75) is 27.7 Å². The van der Waals surface area contributed by atoms with E-state index in [9.17, 15) is 0 Å². The van der Waals surface area contributed by atoms with Crippen LogP contribution in [0.2, 0.25) is 0 Å². The van der Waals surface area contributed by atoms with Gasteiger partial charge in [-0.25, -0.2) is 0 Å². The number of aromatic hydroxyl groups is 2. The van der Waals surface area contributed by atoms with Gasteiger partial charge in [0.15, 0.2) is 0 Å². The molecule has 0 spiro atoms. The molecule has 0 amide bonds. The van der Waals surface area contributed by atoms with Crippen molar-refractivity contribution in [2.75, 3.05) is 0 Å². The summed E-state index contributed by atoms with van der Waals surface area (Å²) < 4.78 is 0. The average Bonchev–Trinajstić information content (AvgIpc) is 2.46. The fraction of sp³-hybridized carbons (Fsp3) is 0.250. The fourth-order valence-corrected chi connectivity index (χ4v) is 0.756. The molecule has 2 aromatic carbocycles. The topological polar surface area (TPSA) is 40.5 Å². The monoisotopic (exact) mass is 335 g/mol. The van der Waals surface area contributed by atoms with E-state index in [2.05, 4.69) is 12.1 Å². The number of phenols is 2. The van der Waals surface area contributed by atoms with Crippen molar-refractivity contribution in [3.8, 4) is 11.5 Å². The van der Waals surface area contributed by atoms with Gasteiger partial charge in [-0.05, 0) is 0 Å². The van der Waals surface area contributed by atoms with Gasteiger partial charge in [0.25, 0.3) is 0 Å². The molecule has 2 rings (SSSR count). The zero-order valence-corrected chi connectivity index (χ0v) is 14.9. The molecule has 0 aliphatic heterocycles. The van der Waals surface area contributed by atoms with E-state index < -0.39 is 0 Å². The first-order chi connectivity index (χ1) is 8.79. The van der Waals surface area contributed by atoms with Gasteiger partial charge in [-0.15, -0.1) is 24.3 Å². The molecule has 0 aliphatic rings. The second-order valence-corrected chi connectivity index (χ2v) is 2.52. The van der Waals surface area contributed by atoms with Crippen LogP contribution in [0.25, 0.3) is 0 Å². The molecule has 0 saturated carbocycles. The van der Waals surface area contributed by atoms with Crippen LogP contribution in [0, 0.1) is 12.1 Å². The molecule has 2 aromatic rings. The van der Waals surface area contributed by atoms with E-state index >= 15 is 0 Å². The van der Waals surface area contributed by atoms with Gasteiger partial charge in [0.2, 0.25) is 0 Å². The van der Waals surface area contributed by atoms with Gasteiger partial charge in [-0.3, -0.25) is 0 Å². The van der Waals surface area contributed by atoms with Crippen LogP contribution in [0.15, 0.2) is 48.5 Å². The standard InChI is InChI=1S/2C6H5O.2C2H6.Y/c2*7-6-4-2-1-3-5-6;2*1-2;/h2*2-5,7H;2*1-2H3;/q2*-1;;;. The normalized spacial score (nSPS) is 6.95. The minimum absolute atomic E-state index is 0. The van der Waals surface area contributed by atoms with Crippen LogP contribution in [-0.4, -0.2) is 10.2 Å². The first-order valence-electron chi connectivity index (χ1n) is 6.09. The SMILES string of the molecule is CC.CC.Oc1cc[c-]cc1.Oc1cc[c-]cc1.[Y]. The van der Waals surface area contributed by atoms with Crippen molar-refractivity contribution in [2.24, 2.45) is 0 Å². The van der Waals surface area contributed by atoms with Gasteiger partial charge < -0.3 is 10.2 Å². The fourth-order valence-electron chi connectivity index (χ4n) is 0.756. The predicted molar refractivity (Wildman–Crippen MR) is 76.6 cm³/mol. The minimum atomic E-state index is 0. The zero-order chi connectivity index (χ0) is 14.2. The van der Waals surface area contributed by atoms with Crippen LogP contribution in [0.4, 0.5) is 0 Å². The molecular weight excluding hydrogens is 313 g/mol. The molecule has 1 radical (unpaired) electrons. The van der Waals surface area contributed by atoms with E-state index in [0.717, 1.165) is 0 Å². The Labute approximate surface area is 142 Å². The second kappa shape index (κ2) is 19.5. The third kappa shape index (κ3) is 17.1. The van der Waals surface area contributed by atoms with Gasteiger partial charge in [0.05, 0.1) is 0 Å². The molecule has 2 nitrogen and oxygen atoms in total. The van der Waals surface area contributed by atoms with Gasteiger partial charge in [-0.2, -0.15) is 36.4 Å². The molecule has 0 aromatic heterocycles. The Morgan fingerprint density at radius 3 is 0.947 bits per heavy atom. The summed E-state index contributed by atoms with van der Waals surface area (Å²) in [5.41, 5.74) is 0. The maximum absolute atomic E-state index is 8.61. The third-order valence-electron chi connectivity index (χ3n) is 1.40. The number of hydrogen-bond donors (Lipinski definition) is 2. The Kier molecular flexibility index (Phi) is 23.8. The minimum Gasteiger partial charge on any atom is -0.533 e. The van der Waals surface area contributed by atoms with Crippen molar-refractivity contribution >= 4 is 0 Å². The van der Waals surface area contributed by atoms with Crippen molar-refractivity contribution < 1.29 is 42.9 Å². The van der Waals surface area contributed by atoms with Crippen molar-refractivity contribution in [3.63, 3.8) is 0 Å². The maximum Gasteiger partial charge on any atom is 0.00821 e. The molecule has 0 saturated heterocycles. The van der Waals surface area contributed by atoms with Gasteiger partial charge >= 0.3 is 0 Å². The van der Waals surface area contributed by atoms with Crippen LogP contribution >= 0.6 is 0 Å². The van der Waals surface area contributed by atoms with E-state index in [1.807, 2.05) is 27.7 Å². The van der Waals surface area contributed by atoms with E-state index in [1.165, 1.54) is 0 Å². The van der Waals surface area contributed by atoms with Crippen LogP contribution in [-0.2, 0) is 32.7 Å². The Morgan fingerprint density at radius 1 is 0.632 bits per heavy atom. The molecule has 0 heterocycles. The first-order valence-corrected chi connectivity index (χ1v) is 6.09. The number of rotatable bonds is 0. The number of hydrogen-bond acceptors (Lipinski definition) is 2.